The molecule has 21 heavy (non-hydrogen) atoms. The molecular weight excluding hydrogens is 272 g/mol. The van der Waals surface area contributed by atoms with Crippen molar-refractivity contribution in [2.24, 2.45) is 0 Å². The van der Waals surface area contributed by atoms with Crippen LogP contribution in [0.1, 0.15) is 5.56 Å². The van der Waals surface area contributed by atoms with E-state index in [4.69, 9.17) is 0 Å². The van der Waals surface area contributed by atoms with E-state index in [1.165, 1.54) is 12.1 Å². The van der Waals surface area contributed by atoms with Gasteiger partial charge in [-0.3, -0.25) is 0 Å². The van der Waals surface area contributed by atoms with Crippen molar-refractivity contribution in [3.63, 3.8) is 0 Å². The fourth-order valence-corrected chi connectivity index (χ4v) is 2.02. The van der Waals surface area contributed by atoms with E-state index >= 15 is 0 Å². The number of rotatable bonds is 4. The summed E-state index contributed by atoms with van der Waals surface area (Å²) in [5, 5.41) is 7.24. The lowest BCUT2D eigenvalue weighted by Gasteiger charge is -2.08. The van der Waals surface area contributed by atoms with Crippen molar-refractivity contribution in [1.29, 1.82) is 0 Å². The zero-order valence-corrected chi connectivity index (χ0v) is 11.1. The molecule has 0 saturated carbocycles. The molecule has 0 aliphatic carbocycles. The summed E-state index contributed by atoms with van der Waals surface area (Å²) in [6.45, 7) is 0.299. The molecule has 0 radical (unpaired) electrons. The average Bonchev–Trinajstić information content (AvgIpc) is 3.01. The van der Waals surface area contributed by atoms with E-state index in [1.54, 1.807) is 10.9 Å². The van der Waals surface area contributed by atoms with Gasteiger partial charge in [0.15, 0.2) is 0 Å². The number of hydrogen-bond acceptors (Lipinski definition) is 2. The van der Waals surface area contributed by atoms with Crippen LogP contribution in [-0.2, 0) is 6.54 Å². The fourth-order valence-electron chi connectivity index (χ4n) is 2.02. The van der Waals surface area contributed by atoms with Crippen molar-refractivity contribution in [2.45, 2.75) is 6.54 Å². The molecule has 106 valence electrons. The second-order valence-corrected chi connectivity index (χ2v) is 4.59. The fraction of sp³-hybridized carbons (Fsp3) is 0.0625. The van der Waals surface area contributed by atoms with Gasteiger partial charge in [-0.2, -0.15) is 5.10 Å². The third kappa shape index (κ3) is 3.08. The zero-order chi connectivity index (χ0) is 14.7. The monoisotopic (exact) mass is 285 g/mol. The van der Waals surface area contributed by atoms with E-state index in [0.29, 0.717) is 12.1 Å². The van der Waals surface area contributed by atoms with E-state index < -0.39 is 11.6 Å². The Balaban J connectivity index is 1.68. The molecule has 5 heteroatoms. The number of nitrogens with one attached hydrogen (secondary N) is 1. The average molecular weight is 285 g/mol. The normalized spacial score (nSPS) is 10.6. The molecular formula is C16H13F2N3. The number of anilines is 1. The highest BCUT2D eigenvalue weighted by atomic mass is 19.1. The van der Waals surface area contributed by atoms with E-state index in [2.05, 4.69) is 10.4 Å². The highest BCUT2D eigenvalue weighted by Gasteiger charge is 2.03. The van der Waals surface area contributed by atoms with Crippen molar-refractivity contribution in [1.82, 2.24) is 9.78 Å². The van der Waals surface area contributed by atoms with Crippen molar-refractivity contribution >= 4 is 5.69 Å². The van der Waals surface area contributed by atoms with Crippen LogP contribution >= 0.6 is 0 Å². The van der Waals surface area contributed by atoms with Crippen LogP contribution in [-0.4, -0.2) is 9.78 Å². The van der Waals surface area contributed by atoms with Gasteiger partial charge in [-0.15, -0.1) is 0 Å². The second-order valence-electron chi connectivity index (χ2n) is 4.59. The summed E-state index contributed by atoms with van der Waals surface area (Å²) >= 11 is 0. The first kappa shape index (κ1) is 13.3. The minimum absolute atomic E-state index is 0.299. The van der Waals surface area contributed by atoms with Crippen molar-refractivity contribution < 1.29 is 8.78 Å². The first-order chi connectivity index (χ1) is 10.2. The Morgan fingerprint density at radius 1 is 1.05 bits per heavy atom. The van der Waals surface area contributed by atoms with Crippen LogP contribution in [0.5, 0.6) is 0 Å². The van der Waals surface area contributed by atoms with Crippen LogP contribution in [0, 0.1) is 11.6 Å². The summed E-state index contributed by atoms with van der Waals surface area (Å²) in [5.41, 5.74) is 2.22. The molecule has 2 aromatic carbocycles. The first-order valence-electron chi connectivity index (χ1n) is 6.50. The van der Waals surface area contributed by atoms with Gasteiger partial charge in [-0.1, -0.05) is 6.07 Å². The summed E-state index contributed by atoms with van der Waals surface area (Å²) in [5.74, 6) is -1.12. The third-order valence-corrected chi connectivity index (χ3v) is 3.13. The predicted octanol–water partition coefficient (Wildman–Crippen LogP) is 3.76. The van der Waals surface area contributed by atoms with E-state index in [0.717, 1.165) is 17.4 Å². The van der Waals surface area contributed by atoms with Crippen LogP contribution in [0.25, 0.3) is 5.69 Å². The summed E-state index contributed by atoms with van der Waals surface area (Å²) in [6, 6.07) is 13.0. The van der Waals surface area contributed by atoms with E-state index in [1.807, 2.05) is 36.5 Å². The van der Waals surface area contributed by atoms with E-state index in [-0.39, 0.29) is 0 Å². The molecule has 0 bridgehead atoms. The van der Waals surface area contributed by atoms with Gasteiger partial charge < -0.3 is 5.32 Å². The van der Waals surface area contributed by atoms with Crippen molar-refractivity contribution in [2.75, 3.05) is 5.32 Å². The maximum Gasteiger partial charge on any atom is 0.131 e. The quantitative estimate of drug-likeness (QED) is 0.791. The molecule has 1 aromatic heterocycles. The Bertz CT molecular complexity index is 722. The molecule has 0 fully saturated rings. The van der Waals surface area contributed by atoms with Crippen LogP contribution in [0.4, 0.5) is 14.5 Å². The van der Waals surface area contributed by atoms with Crippen LogP contribution < -0.4 is 5.32 Å². The maximum absolute atomic E-state index is 13.5. The predicted molar refractivity (Wildman–Crippen MR) is 77.2 cm³/mol. The third-order valence-electron chi connectivity index (χ3n) is 3.13. The topological polar surface area (TPSA) is 29.9 Å². The van der Waals surface area contributed by atoms with Gasteiger partial charge in [0.1, 0.15) is 11.6 Å². The Kier molecular flexibility index (Phi) is 3.64. The molecule has 0 aliphatic heterocycles. The Labute approximate surface area is 120 Å². The lowest BCUT2D eigenvalue weighted by molar-refractivity contribution is 0.574. The molecule has 0 unspecified atom stereocenters. The smallest absolute Gasteiger partial charge is 0.131 e. The molecule has 0 spiro atoms. The van der Waals surface area contributed by atoms with Gasteiger partial charge in [0.2, 0.25) is 0 Å². The largest absolute Gasteiger partial charge is 0.381 e. The molecule has 0 atom stereocenters. The van der Waals surface area contributed by atoms with Crippen LogP contribution in [0.15, 0.2) is 60.9 Å². The maximum atomic E-state index is 13.5. The lowest BCUT2D eigenvalue weighted by Crippen LogP contribution is -2.02. The summed E-state index contributed by atoms with van der Waals surface area (Å²) in [4.78, 5) is 0. The Morgan fingerprint density at radius 3 is 2.52 bits per heavy atom. The van der Waals surface area contributed by atoms with Gasteiger partial charge in [0.25, 0.3) is 0 Å². The first-order valence-corrected chi connectivity index (χ1v) is 6.50. The van der Waals surface area contributed by atoms with Gasteiger partial charge in [-0.05, 0) is 36.4 Å². The number of benzene rings is 2. The highest BCUT2D eigenvalue weighted by molar-refractivity contribution is 5.48. The Morgan fingerprint density at radius 2 is 1.86 bits per heavy atom. The summed E-state index contributed by atoms with van der Waals surface area (Å²) in [7, 11) is 0. The lowest BCUT2D eigenvalue weighted by atomic mass is 10.2. The zero-order valence-electron chi connectivity index (χ0n) is 11.1. The number of halogens is 2. The molecule has 3 aromatic rings. The minimum Gasteiger partial charge on any atom is -0.381 e. The van der Waals surface area contributed by atoms with Gasteiger partial charge in [0.05, 0.1) is 5.69 Å². The number of nitrogens with zero attached hydrogens (tertiary/aromatic N) is 2. The summed E-state index contributed by atoms with van der Waals surface area (Å²) < 4.78 is 28.1. The van der Waals surface area contributed by atoms with E-state index in [9.17, 15) is 8.78 Å². The molecule has 0 amide bonds. The van der Waals surface area contributed by atoms with Gasteiger partial charge in [0, 0.05) is 36.3 Å². The number of aromatic nitrogens is 2. The molecule has 1 N–H and O–H groups in total. The molecule has 1 heterocycles. The Hall–Kier alpha value is -2.69. The second kappa shape index (κ2) is 5.75. The number of hydrogen-bond donors (Lipinski definition) is 1. The molecule has 3 rings (SSSR count). The van der Waals surface area contributed by atoms with Gasteiger partial charge >= 0.3 is 0 Å². The van der Waals surface area contributed by atoms with Gasteiger partial charge in [-0.25, -0.2) is 13.5 Å². The standard InChI is InChI=1S/C16H13F2N3/c17-13-3-2-12(16(18)10-13)11-19-14-4-6-15(7-5-14)21-9-1-8-20-21/h1-10,19H,11H2. The molecule has 3 nitrogen and oxygen atoms in total. The van der Waals surface area contributed by atoms with Crippen molar-refractivity contribution in [3.8, 4) is 5.69 Å². The summed E-state index contributed by atoms with van der Waals surface area (Å²) in [6.07, 6.45) is 3.57. The van der Waals surface area contributed by atoms with Crippen LogP contribution in [0.2, 0.25) is 0 Å². The molecule has 0 saturated heterocycles. The highest BCUT2D eigenvalue weighted by Crippen LogP contribution is 2.15. The van der Waals surface area contributed by atoms with Crippen LogP contribution in [0.3, 0.4) is 0 Å². The SMILES string of the molecule is Fc1ccc(CNc2ccc(-n3cccn3)cc2)c(F)c1. The molecule has 0 aliphatic rings. The minimum atomic E-state index is -0.570. The van der Waals surface area contributed by atoms with Crippen molar-refractivity contribution in [3.05, 3.63) is 78.1 Å².